The Morgan fingerprint density at radius 1 is 0.897 bits per heavy atom. The van der Waals surface area contributed by atoms with Crippen molar-refractivity contribution in [2.24, 2.45) is 0 Å². The quantitative estimate of drug-likeness (QED) is 0.807. The average molecular weight is 417 g/mol. The van der Waals surface area contributed by atoms with Crippen LogP contribution in [0.1, 0.15) is 20.7 Å². The van der Waals surface area contributed by atoms with Gasteiger partial charge < -0.3 is 14.9 Å². The Morgan fingerprint density at radius 2 is 1.48 bits per heavy atom. The highest BCUT2D eigenvalue weighted by atomic mass is 32.2. The molecule has 8 nitrogen and oxygen atoms in total. The number of phenolic OH excluding ortho intramolecular Hbond substituents is 1. The average Bonchev–Trinajstić information content (AvgIpc) is 2.73. The van der Waals surface area contributed by atoms with Gasteiger partial charge >= 0.3 is 0 Å². The van der Waals surface area contributed by atoms with Crippen LogP contribution in [0.15, 0.2) is 53.4 Å². The number of benzene rings is 2. The zero-order valence-electron chi connectivity index (χ0n) is 16.3. The van der Waals surface area contributed by atoms with Crippen molar-refractivity contribution in [3.8, 4) is 5.75 Å². The number of sulfonamides is 1. The predicted molar refractivity (Wildman–Crippen MR) is 107 cm³/mol. The van der Waals surface area contributed by atoms with E-state index in [0.29, 0.717) is 26.2 Å². The van der Waals surface area contributed by atoms with Gasteiger partial charge in [-0.2, -0.15) is 0 Å². The lowest BCUT2D eigenvalue weighted by Gasteiger charge is -2.35. The summed E-state index contributed by atoms with van der Waals surface area (Å²) in [4.78, 5) is 28.6. The fourth-order valence-electron chi connectivity index (χ4n) is 3.12. The first-order valence-corrected chi connectivity index (χ1v) is 10.5. The molecule has 1 aliphatic rings. The number of carbonyl (C=O) groups is 2. The molecule has 1 aliphatic heterocycles. The minimum atomic E-state index is -3.63. The van der Waals surface area contributed by atoms with E-state index in [9.17, 15) is 23.1 Å². The van der Waals surface area contributed by atoms with Crippen molar-refractivity contribution < 1.29 is 23.1 Å². The van der Waals surface area contributed by atoms with Gasteiger partial charge in [-0.3, -0.25) is 9.59 Å². The Morgan fingerprint density at radius 3 is 2.07 bits per heavy atom. The van der Waals surface area contributed by atoms with Crippen molar-refractivity contribution in [1.82, 2.24) is 14.1 Å². The van der Waals surface area contributed by atoms with Crippen LogP contribution in [0.5, 0.6) is 5.75 Å². The van der Waals surface area contributed by atoms with Crippen molar-refractivity contribution in [3.63, 3.8) is 0 Å². The number of hydrogen-bond acceptors (Lipinski definition) is 5. The van der Waals surface area contributed by atoms with Crippen molar-refractivity contribution in [2.75, 3.05) is 40.3 Å². The zero-order valence-corrected chi connectivity index (χ0v) is 17.1. The van der Waals surface area contributed by atoms with Crippen LogP contribution in [0, 0.1) is 0 Å². The Hall–Kier alpha value is -2.91. The number of aromatic hydroxyl groups is 1. The normalized spacial score (nSPS) is 14.9. The number of para-hydroxylation sites is 1. The first-order chi connectivity index (χ1) is 13.7. The second-order valence-electron chi connectivity index (χ2n) is 6.92. The van der Waals surface area contributed by atoms with Crippen molar-refractivity contribution in [3.05, 3.63) is 59.7 Å². The summed E-state index contributed by atoms with van der Waals surface area (Å²) in [5, 5.41) is 9.87. The molecule has 0 radical (unpaired) electrons. The molecule has 2 amide bonds. The van der Waals surface area contributed by atoms with E-state index in [1.54, 1.807) is 40.1 Å². The summed E-state index contributed by atoms with van der Waals surface area (Å²) in [5.41, 5.74) is 0.516. The van der Waals surface area contributed by atoms with Gasteiger partial charge in [-0.1, -0.05) is 18.2 Å². The molecule has 1 saturated heterocycles. The van der Waals surface area contributed by atoms with Crippen molar-refractivity contribution >= 4 is 21.8 Å². The fourth-order valence-corrected chi connectivity index (χ4v) is 4.07. The lowest BCUT2D eigenvalue weighted by molar-refractivity contribution is 0.0533. The number of amides is 2. The molecular formula is C20H23N3O5S. The van der Waals surface area contributed by atoms with E-state index in [1.165, 1.54) is 32.3 Å². The molecule has 9 heteroatoms. The Balaban J connectivity index is 1.69. The number of rotatable bonds is 4. The molecule has 1 heterocycles. The lowest BCUT2D eigenvalue weighted by atomic mass is 10.1. The Bertz CT molecular complexity index is 1030. The molecule has 0 atom stereocenters. The van der Waals surface area contributed by atoms with Crippen LogP contribution in [-0.2, 0) is 10.0 Å². The second kappa shape index (κ2) is 8.22. The molecule has 0 spiro atoms. The zero-order chi connectivity index (χ0) is 21.2. The van der Waals surface area contributed by atoms with Gasteiger partial charge in [-0.05, 0) is 30.3 Å². The summed E-state index contributed by atoms with van der Waals surface area (Å²) in [6, 6.07) is 12.3. The third-order valence-electron chi connectivity index (χ3n) is 4.85. The molecular weight excluding hydrogens is 394 g/mol. The van der Waals surface area contributed by atoms with Crippen LogP contribution in [0.2, 0.25) is 0 Å². The third kappa shape index (κ3) is 4.25. The third-order valence-corrected chi connectivity index (χ3v) is 6.66. The fraction of sp³-hybridized carbons (Fsp3) is 0.300. The van der Waals surface area contributed by atoms with Crippen LogP contribution in [0.25, 0.3) is 0 Å². The van der Waals surface area contributed by atoms with Gasteiger partial charge in [0.1, 0.15) is 5.75 Å². The first-order valence-electron chi connectivity index (χ1n) is 9.11. The highest BCUT2D eigenvalue weighted by Gasteiger charge is 2.27. The largest absolute Gasteiger partial charge is 0.507 e. The highest BCUT2D eigenvalue weighted by Crippen LogP contribution is 2.20. The second-order valence-corrected chi connectivity index (χ2v) is 9.07. The molecule has 0 aromatic heterocycles. The number of hydrogen-bond donors (Lipinski definition) is 1. The van der Waals surface area contributed by atoms with E-state index in [0.717, 1.165) is 4.31 Å². The minimum Gasteiger partial charge on any atom is -0.507 e. The van der Waals surface area contributed by atoms with E-state index in [1.807, 2.05) is 0 Å². The summed E-state index contributed by atoms with van der Waals surface area (Å²) in [6.07, 6.45) is 0. The van der Waals surface area contributed by atoms with Gasteiger partial charge in [-0.15, -0.1) is 0 Å². The monoisotopic (exact) mass is 417 g/mol. The summed E-state index contributed by atoms with van der Waals surface area (Å²) in [6.45, 7) is 1.30. The Labute approximate surface area is 170 Å². The number of phenols is 1. The van der Waals surface area contributed by atoms with E-state index in [2.05, 4.69) is 0 Å². The van der Waals surface area contributed by atoms with E-state index in [-0.39, 0.29) is 33.6 Å². The molecule has 0 aliphatic carbocycles. The predicted octanol–water partition coefficient (Wildman–Crippen LogP) is 1.24. The summed E-state index contributed by atoms with van der Waals surface area (Å²) >= 11 is 0. The van der Waals surface area contributed by atoms with Crippen molar-refractivity contribution in [2.45, 2.75) is 4.90 Å². The smallest absolute Gasteiger partial charge is 0.257 e. The summed E-state index contributed by atoms with van der Waals surface area (Å²) in [7, 11) is -0.762. The number of nitrogens with zero attached hydrogens (tertiary/aromatic N) is 3. The van der Waals surface area contributed by atoms with Gasteiger partial charge in [0, 0.05) is 45.8 Å². The van der Waals surface area contributed by atoms with Gasteiger partial charge in [0.2, 0.25) is 10.0 Å². The van der Waals surface area contributed by atoms with E-state index >= 15 is 0 Å². The minimum absolute atomic E-state index is 0.0571. The van der Waals surface area contributed by atoms with Gasteiger partial charge in [0.15, 0.2) is 0 Å². The molecule has 1 fully saturated rings. The SMILES string of the molecule is CN(C)S(=O)(=O)c1cccc(C(=O)N2CCN(C(=O)c3ccccc3O)CC2)c1. The molecule has 0 unspecified atom stereocenters. The van der Waals surface area contributed by atoms with Crippen LogP contribution < -0.4 is 0 Å². The molecule has 29 heavy (non-hydrogen) atoms. The van der Waals surface area contributed by atoms with Gasteiger partial charge in [-0.25, -0.2) is 12.7 Å². The molecule has 0 saturated carbocycles. The Kier molecular flexibility index (Phi) is 5.90. The molecule has 154 valence electrons. The van der Waals surface area contributed by atoms with Gasteiger partial charge in [0.05, 0.1) is 10.5 Å². The maximum absolute atomic E-state index is 12.8. The first kappa shape index (κ1) is 20.8. The van der Waals surface area contributed by atoms with Crippen LogP contribution in [-0.4, -0.2) is 79.7 Å². The summed E-state index contributed by atoms with van der Waals surface area (Å²) < 4.78 is 25.7. The summed E-state index contributed by atoms with van der Waals surface area (Å²) in [5.74, 6) is -0.639. The highest BCUT2D eigenvalue weighted by molar-refractivity contribution is 7.89. The molecule has 1 N–H and O–H groups in total. The molecule has 2 aromatic carbocycles. The van der Waals surface area contributed by atoms with Crippen LogP contribution in [0.4, 0.5) is 0 Å². The molecule has 2 aromatic rings. The maximum atomic E-state index is 12.8. The standard InChI is InChI=1S/C20H23N3O5S/c1-21(2)29(27,28)16-7-5-6-15(14-16)19(25)22-10-12-23(13-11-22)20(26)17-8-3-4-9-18(17)24/h3-9,14,24H,10-13H2,1-2H3. The molecule has 3 rings (SSSR count). The van der Waals surface area contributed by atoms with E-state index < -0.39 is 10.0 Å². The number of carbonyl (C=O) groups excluding carboxylic acids is 2. The van der Waals surface area contributed by atoms with E-state index in [4.69, 9.17) is 0 Å². The maximum Gasteiger partial charge on any atom is 0.257 e. The van der Waals surface area contributed by atoms with Crippen LogP contribution in [0.3, 0.4) is 0 Å². The molecule has 0 bridgehead atoms. The van der Waals surface area contributed by atoms with Crippen molar-refractivity contribution in [1.29, 1.82) is 0 Å². The lowest BCUT2D eigenvalue weighted by Crippen LogP contribution is -2.50. The number of piperazine rings is 1. The van der Waals surface area contributed by atoms with Crippen LogP contribution >= 0.6 is 0 Å². The topological polar surface area (TPSA) is 98.2 Å². The van der Waals surface area contributed by atoms with Gasteiger partial charge in [0.25, 0.3) is 11.8 Å².